The molecule has 0 spiro atoms. The molecule has 2 heterocycles. The summed E-state index contributed by atoms with van der Waals surface area (Å²) in [6, 6.07) is 10.2. The number of rotatable bonds is 3. The van der Waals surface area contributed by atoms with Gasteiger partial charge in [-0.3, -0.25) is 4.98 Å². The van der Waals surface area contributed by atoms with Crippen molar-refractivity contribution in [2.45, 2.75) is 0 Å². The minimum Gasteiger partial charge on any atom is -0.256 e. The number of hydrogen-bond acceptors (Lipinski definition) is 4. The van der Waals surface area contributed by atoms with Crippen LogP contribution in [0.5, 0.6) is 0 Å². The summed E-state index contributed by atoms with van der Waals surface area (Å²) in [6.07, 6.45) is 7.79. The number of nitriles is 1. The van der Waals surface area contributed by atoms with Gasteiger partial charge in [0.15, 0.2) is 0 Å². The molecule has 3 rings (SSSR count). The van der Waals surface area contributed by atoms with Crippen LogP contribution in [0, 0.1) is 17.1 Å². The fourth-order valence-electron chi connectivity index (χ4n) is 1.90. The van der Waals surface area contributed by atoms with Gasteiger partial charge in [0.25, 0.3) is 0 Å². The second-order valence-electron chi connectivity index (χ2n) is 4.47. The highest BCUT2D eigenvalue weighted by Crippen LogP contribution is 2.15. The van der Waals surface area contributed by atoms with Crippen LogP contribution in [0.1, 0.15) is 16.8 Å². The quantitative estimate of drug-likeness (QED) is 0.744. The van der Waals surface area contributed by atoms with Crippen LogP contribution in [0.25, 0.3) is 17.8 Å². The minimum absolute atomic E-state index is 0.339. The fourth-order valence-corrected chi connectivity index (χ4v) is 1.90. The van der Waals surface area contributed by atoms with Crippen LogP contribution in [0.3, 0.4) is 0 Å². The summed E-state index contributed by atoms with van der Waals surface area (Å²) in [6.45, 7) is 0. The second-order valence-corrected chi connectivity index (χ2v) is 4.47. The van der Waals surface area contributed by atoms with Crippen molar-refractivity contribution < 1.29 is 4.39 Å². The Hall–Kier alpha value is -3.33. The Kier molecular flexibility index (Phi) is 3.70. The first kappa shape index (κ1) is 13.6. The molecule has 0 aliphatic heterocycles. The molecule has 0 saturated heterocycles. The Morgan fingerprint density at radius 2 is 2.09 bits per heavy atom. The lowest BCUT2D eigenvalue weighted by molar-refractivity contribution is 0.610. The molecule has 1 aromatic carbocycles. The Balaban J connectivity index is 1.82. The Morgan fingerprint density at radius 1 is 1.18 bits per heavy atom. The normalized spacial score (nSPS) is 10.7. The molecule has 0 unspecified atom stereocenters. The summed E-state index contributed by atoms with van der Waals surface area (Å²) in [7, 11) is 0. The average Bonchev–Trinajstić information content (AvgIpc) is 3.07. The van der Waals surface area contributed by atoms with Crippen molar-refractivity contribution in [2.24, 2.45) is 0 Å². The molecule has 5 nitrogen and oxygen atoms in total. The van der Waals surface area contributed by atoms with Crippen molar-refractivity contribution in [2.75, 3.05) is 0 Å². The zero-order chi connectivity index (χ0) is 15.4. The lowest BCUT2D eigenvalue weighted by Crippen LogP contribution is -1.98. The van der Waals surface area contributed by atoms with E-state index in [1.165, 1.54) is 29.6 Å². The van der Waals surface area contributed by atoms with Gasteiger partial charge in [0.1, 0.15) is 30.2 Å². The van der Waals surface area contributed by atoms with Gasteiger partial charge in [0.05, 0.1) is 11.3 Å². The van der Waals surface area contributed by atoms with Gasteiger partial charge in [-0.25, -0.2) is 14.1 Å². The van der Waals surface area contributed by atoms with Gasteiger partial charge < -0.3 is 0 Å². The molecule has 0 radical (unpaired) electrons. The molecule has 0 bridgehead atoms. The van der Waals surface area contributed by atoms with E-state index in [4.69, 9.17) is 5.26 Å². The van der Waals surface area contributed by atoms with E-state index in [-0.39, 0.29) is 5.82 Å². The Bertz CT molecular complexity index is 845. The third-order valence-electron chi connectivity index (χ3n) is 3.00. The molecule has 2 aromatic heterocycles. The first-order chi connectivity index (χ1) is 10.8. The zero-order valence-electron chi connectivity index (χ0n) is 11.4. The van der Waals surface area contributed by atoms with Gasteiger partial charge in [-0.1, -0.05) is 12.1 Å². The largest absolute Gasteiger partial charge is 0.256 e. The lowest BCUT2D eigenvalue weighted by Gasteiger charge is -2.03. The summed E-state index contributed by atoms with van der Waals surface area (Å²) in [4.78, 5) is 7.91. The summed E-state index contributed by atoms with van der Waals surface area (Å²) >= 11 is 0. The number of hydrogen-bond donors (Lipinski definition) is 0. The molecule has 6 heteroatoms. The summed E-state index contributed by atoms with van der Waals surface area (Å²) in [5, 5.41) is 12.6. The summed E-state index contributed by atoms with van der Waals surface area (Å²) < 4.78 is 15.4. The van der Waals surface area contributed by atoms with Crippen LogP contribution < -0.4 is 0 Å². The van der Waals surface area contributed by atoms with E-state index in [1.54, 1.807) is 36.4 Å². The van der Waals surface area contributed by atoms with Gasteiger partial charge in [-0.15, -0.1) is 0 Å². The van der Waals surface area contributed by atoms with E-state index in [9.17, 15) is 4.39 Å². The molecule has 0 N–H and O–H groups in total. The molecule has 0 amide bonds. The summed E-state index contributed by atoms with van der Waals surface area (Å²) in [5.41, 5.74) is 2.24. The van der Waals surface area contributed by atoms with E-state index in [2.05, 4.69) is 15.1 Å². The van der Waals surface area contributed by atoms with Crippen LogP contribution in [-0.2, 0) is 0 Å². The first-order valence-corrected chi connectivity index (χ1v) is 6.45. The molecule has 0 atom stereocenters. The highest BCUT2D eigenvalue weighted by Gasteiger charge is 2.05. The maximum absolute atomic E-state index is 14.1. The van der Waals surface area contributed by atoms with Gasteiger partial charge in [0.2, 0.25) is 0 Å². The zero-order valence-corrected chi connectivity index (χ0v) is 11.4. The Morgan fingerprint density at radius 3 is 2.73 bits per heavy atom. The van der Waals surface area contributed by atoms with Crippen LogP contribution in [-0.4, -0.2) is 19.7 Å². The van der Waals surface area contributed by atoms with Crippen LogP contribution in [0.15, 0.2) is 49.2 Å². The minimum atomic E-state index is -0.388. The van der Waals surface area contributed by atoms with E-state index >= 15 is 0 Å². The van der Waals surface area contributed by atoms with Crippen molar-refractivity contribution >= 4 is 12.2 Å². The third-order valence-corrected chi connectivity index (χ3v) is 3.00. The lowest BCUT2D eigenvalue weighted by atomic mass is 10.1. The van der Waals surface area contributed by atoms with Gasteiger partial charge in [-0.05, 0) is 35.9 Å². The molecule has 22 heavy (non-hydrogen) atoms. The maximum atomic E-state index is 14.1. The SMILES string of the molecule is N#Cc1ccc(C=Cc2ccc(-n3cncn3)c(F)c2)nc1. The molecule has 0 saturated carbocycles. The topological polar surface area (TPSA) is 67.4 Å². The summed E-state index contributed by atoms with van der Waals surface area (Å²) in [5.74, 6) is -0.388. The number of pyridine rings is 1. The fraction of sp³-hybridized carbons (Fsp3) is 0. The highest BCUT2D eigenvalue weighted by atomic mass is 19.1. The highest BCUT2D eigenvalue weighted by molar-refractivity contribution is 5.68. The molecule has 3 aromatic rings. The second kappa shape index (κ2) is 5.97. The van der Waals surface area contributed by atoms with Crippen molar-refractivity contribution in [3.8, 4) is 11.8 Å². The van der Waals surface area contributed by atoms with Gasteiger partial charge >= 0.3 is 0 Å². The van der Waals surface area contributed by atoms with E-state index in [0.29, 0.717) is 22.5 Å². The number of halogens is 1. The average molecular weight is 291 g/mol. The molecular weight excluding hydrogens is 281 g/mol. The first-order valence-electron chi connectivity index (χ1n) is 6.45. The smallest absolute Gasteiger partial charge is 0.149 e. The number of nitrogens with zero attached hydrogens (tertiary/aromatic N) is 5. The molecule has 0 aliphatic rings. The number of benzene rings is 1. The number of aromatic nitrogens is 4. The van der Waals surface area contributed by atoms with Gasteiger partial charge in [0, 0.05) is 6.20 Å². The molecule has 106 valence electrons. The Labute approximate surface area is 126 Å². The van der Waals surface area contributed by atoms with E-state index in [0.717, 1.165) is 0 Å². The predicted molar refractivity (Wildman–Crippen MR) is 79.2 cm³/mol. The van der Waals surface area contributed by atoms with Crippen molar-refractivity contribution in [3.63, 3.8) is 0 Å². The van der Waals surface area contributed by atoms with Crippen LogP contribution in [0.4, 0.5) is 4.39 Å². The molecule has 0 aliphatic carbocycles. The van der Waals surface area contributed by atoms with Crippen LogP contribution in [0.2, 0.25) is 0 Å². The predicted octanol–water partition coefficient (Wildman–Crippen LogP) is 2.84. The standard InChI is InChI=1S/C16H10FN5/c17-15-7-12(3-6-16(15)22-11-19-10-21-22)1-4-14-5-2-13(8-18)9-20-14/h1-7,9-11H. The maximum Gasteiger partial charge on any atom is 0.149 e. The van der Waals surface area contributed by atoms with E-state index < -0.39 is 0 Å². The molecule has 0 fully saturated rings. The van der Waals surface area contributed by atoms with Crippen molar-refractivity contribution in [3.05, 3.63) is 71.8 Å². The van der Waals surface area contributed by atoms with Crippen molar-refractivity contribution in [1.29, 1.82) is 5.26 Å². The van der Waals surface area contributed by atoms with Crippen molar-refractivity contribution in [1.82, 2.24) is 19.7 Å². The van der Waals surface area contributed by atoms with E-state index in [1.807, 2.05) is 6.07 Å². The van der Waals surface area contributed by atoms with Crippen LogP contribution >= 0.6 is 0 Å². The third kappa shape index (κ3) is 2.88. The monoisotopic (exact) mass is 291 g/mol. The molecular formula is C16H10FN5. The van der Waals surface area contributed by atoms with Gasteiger partial charge in [-0.2, -0.15) is 10.4 Å².